The average Bonchev–Trinajstić information content (AvgIpc) is 2.49. The molecule has 0 atom stereocenters. The summed E-state index contributed by atoms with van der Waals surface area (Å²) in [6, 6.07) is 0.219. The van der Waals surface area contributed by atoms with Gasteiger partial charge < -0.3 is 15.5 Å². The first kappa shape index (κ1) is 15.4. The molecule has 1 fully saturated rings. The van der Waals surface area contributed by atoms with Crippen LogP contribution in [0.2, 0.25) is 0 Å². The number of likely N-dealkylation sites (tertiary alicyclic amines) is 1. The summed E-state index contributed by atoms with van der Waals surface area (Å²) >= 11 is 0. The van der Waals surface area contributed by atoms with E-state index in [0.717, 1.165) is 38.9 Å². The molecule has 0 spiro atoms. The Morgan fingerprint density at radius 2 is 2.05 bits per heavy atom. The van der Waals surface area contributed by atoms with E-state index in [1.54, 1.807) is 7.05 Å². The predicted molar refractivity (Wildman–Crippen MR) is 81.6 cm³/mol. The van der Waals surface area contributed by atoms with E-state index in [0.29, 0.717) is 5.82 Å². The molecule has 116 valence electrons. The van der Waals surface area contributed by atoms with Crippen molar-refractivity contribution >= 4 is 17.3 Å². The quantitative estimate of drug-likeness (QED) is 0.609. The van der Waals surface area contributed by atoms with Crippen LogP contribution >= 0.6 is 0 Å². The van der Waals surface area contributed by atoms with Gasteiger partial charge in [0.15, 0.2) is 0 Å². The summed E-state index contributed by atoms with van der Waals surface area (Å²) in [7, 11) is 1.61. The predicted octanol–water partition coefficient (Wildman–Crippen LogP) is 1.71. The van der Waals surface area contributed by atoms with Crippen molar-refractivity contribution in [1.82, 2.24) is 14.9 Å². The molecule has 1 aliphatic heterocycles. The summed E-state index contributed by atoms with van der Waals surface area (Å²) in [6.07, 6.45) is 4.43. The van der Waals surface area contributed by atoms with Crippen LogP contribution in [0.15, 0.2) is 6.33 Å². The SMILES string of the molecule is CCCN1CCC(Nc2ncnc(NC)c2[N+](=O)[O-])CC1. The maximum atomic E-state index is 11.2. The third-order valence-electron chi connectivity index (χ3n) is 3.71. The normalized spacial score (nSPS) is 16.7. The zero-order valence-electron chi connectivity index (χ0n) is 12.5. The molecule has 0 aromatic carbocycles. The topological polar surface area (TPSA) is 96.2 Å². The van der Waals surface area contributed by atoms with E-state index < -0.39 is 4.92 Å². The first-order valence-corrected chi connectivity index (χ1v) is 7.31. The second-order valence-electron chi connectivity index (χ2n) is 5.19. The van der Waals surface area contributed by atoms with Gasteiger partial charge in [0.05, 0.1) is 4.92 Å². The fourth-order valence-corrected chi connectivity index (χ4v) is 2.65. The van der Waals surface area contributed by atoms with E-state index in [9.17, 15) is 10.1 Å². The van der Waals surface area contributed by atoms with E-state index in [1.807, 2.05) is 0 Å². The molecule has 0 amide bonds. The molecule has 0 radical (unpaired) electrons. The number of anilines is 2. The number of aromatic nitrogens is 2. The molecule has 1 saturated heterocycles. The highest BCUT2D eigenvalue weighted by Gasteiger charge is 2.26. The average molecular weight is 294 g/mol. The molecular weight excluding hydrogens is 272 g/mol. The first-order valence-electron chi connectivity index (χ1n) is 7.31. The standard InChI is InChI=1S/C13H22N6O2/c1-3-6-18-7-4-10(5-8-18)17-13-11(19(20)21)12(14-2)15-9-16-13/h9-10H,3-8H2,1-2H3,(H2,14,15,16,17). The van der Waals surface area contributed by atoms with Gasteiger partial charge in [-0.25, -0.2) is 9.97 Å². The third kappa shape index (κ3) is 3.78. The molecule has 1 aromatic rings. The van der Waals surface area contributed by atoms with Crippen LogP contribution in [0, 0.1) is 10.1 Å². The highest BCUT2D eigenvalue weighted by molar-refractivity contribution is 5.69. The zero-order chi connectivity index (χ0) is 15.2. The molecule has 1 aromatic heterocycles. The van der Waals surface area contributed by atoms with Gasteiger partial charge in [0.25, 0.3) is 0 Å². The molecule has 2 heterocycles. The monoisotopic (exact) mass is 294 g/mol. The van der Waals surface area contributed by atoms with E-state index in [1.165, 1.54) is 6.33 Å². The lowest BCUT2D eigenvalue weighted by atomic mass is 10.0. The lowest BCUT2D eigenvalue weighted by molar-refractivity contribution is -0.383. The Morgan fingerprint density at radius 3 is 2.62 bits per heavy atom. The van der Waals surface area contributed by atoms with Crippen LogP contribution in [0.4, 0.5) is 17.3 Å². The summed E-state index contributed by atoms with van der Waals surface area (Å²) in [5.41, 5.74) is -0.0870. The lowest BCUT2D eigenvalue weighted by Gasteiger charge is -2.32. The van der Waals surface area contributed by atoms with Crippen molar-refractivity contribution in [2.75, 3.05) is 37.3 Å². The van der Waals surface area contributed by atoms with E-state index in [2.05, 4.69) is 32.4 Å². The second-order valence-corrected chi connectivity index (χ2v) is 5.19. The Bertz CT molecular complexity index is 488. The fraction of sp³-hybridized carbons (Fsp3) is 0.692. The third-order valence-corrected chi connectivity index (χ3v) is 3.71. The van der Waals surface area contributed by atoms with Crippen LogP contribution in [-0.4, -0.2) is 52.5 Å². The van der Waals surface area contributed by atoms with Crippen LogP contribution in [0.5, 0.6) is 0 Å². The Labute approximate surface area is 124 Å². The van der Waals surface area contributed by atoms with E-state index >= 15 is 0 Å². The highest BCUT2D eigenvalue weighted by Crippen LogP contribution is 2.29. The van der Waals surface area contributed by atoms with Crippen molar-refractivity contribution in [3.05, 3.63) is 16.4 Å². The van der Waals surface area contributed by atoms with Crippen LogP contribution in [0.3, 0.4) is 0 Å². The first-order chi connectivity index (χ1) is 10.2. The number of nitrogens with zero attached hydrogens (tertiary/aromatic N) is 4. The number of piperidine rings is 1. The van der Waals surface area contributed by atoms with Crippen molar-refractivity contribution in [1.29, 1.82) is 0 Å². The van der Waals surface area contributed by atoms with Gasteiger partial charge >= 0.3 is 5.69 Å². The number of nitro groups is 1. The lowest BCUT2D eigenvalue weighted by Crippen LogP contribution is -2.39. The number of hydrogen-bond donors (Lipinski definition) is 2. The Balaban J connectivity index is 2.05. The minimum Gasteiger partial charge on any atom is -0.367 e. The summed E-state index contributed by atoms with van der Waals surface area (Å²) in [4.78, 5) is 21.1. The Morgan fingerprint density at radius 1 is 1.38 bits per heavy atom. The van der Waals surface area contributed by atoms with Gasteiger partial charge in [0.2, 0.25) is 11.6 Å². The van der Waals surface area contributed by atoms with Gasteiger partial charge in [0.1, 0.15) is 6.33 Å². The molecule has 8 heteroatoms. The van der Waals surface area contributed by atoms with Crippen LogP contribution in [-0.2, 0) is 0 Å². The van der Waals surface area contributed by atoms with Crippen molar-refractivity contribution in [2.45, 2.75) is 32.2 Å². The minimum absolute atomic E-state index is 0.0870. The van der Waals surface area contributed by atoms with Gasteiger partial charge in [-0.15, -0.1) is 0 Å². The van der Waals surface area contributed by atoms with Gasteiger partial charge in [-0.2, -0.15) is 0 Å². The van der Waals surface area contributed by atoms with Crippen molar-refractivity contribution in [2.24, 2.45) is 0 Å². The zero-order valence-corrected chi connectivity index (χ0v) is 12.5. The van der Waals surface area contributed by atoms with E-state index in [4.69, 9.17) is 0 Å². The molecule has 21 heavy (non-hydrogen) atoms. The van der Waals surface area contributed by atoms with Gasteiger partial charge in [-0.3, -0.25) is 10.1 Å². The molecule has 0 saturated carbocycles. The fourth-order valence-electron chi connectivity index (χ4n) is 2.65. The largest absolute Gasteiger partial charge is 0.367 e. The maximum Gasteiger partial charge on any atom is 0.353 e. The van der Waals surface area contributed by atoms with Crippen LogP contribution in [0.25, 0.3) is 0 Å². The Kier molecular flexibility index (Phi) is 5.26. The number of nitrogens with one attached hydrogen (secondary N) is 2. The molecule has 0 aliphatic carbocycles. The van der Waals surface area contributed by atoms with Crippen LogP contribution in [0.1, 0.15) is 26.2 Å². The Hall–Kier alpha value is -1.96. The molecule has 0 unspecified atom stereocenters. The van der Waals surface area contributed by atoms with E-state index in [-0.39, 0.29) is 17.5 Å². The second kappa shape index (κ2) is 7.16. The summed E-state index contributed by atoms with van der Waals surface area (Å²) in [5, 5.41) is 17.2. The smallest absolute Gasteiger partial charge is 0.353 e. The van der Waals surface area contributed by atoms with Crippen molar-refractivity contribution in [3.63, 3.8) is 0 Å². The highest BCUT2D eigenvalue weighted by atomic mass is 16.6. The number of hydrogen-bond acceptors (Lipinski definition) is 7. The van der Waals surface area contributed by atoms with Crippen molar-refractivity contribution < 1.29 is 4.92 Å². The molecule has 8 nitrogen and oxygen atoms in total. The van der Waals surface area contributed by atoms with Crippen LogP contribution < -0.4 is 10.6 Å². The van der Waals surface area contributed by atoms with Gasteiger partial charge in [0, 0.05) is 26.2 Å². The molecule has 1 aliphatic rings. The summed E-state index contributed by atoms with van der Waals surface area (Å²) < 4.78 is 0. The minimum atomic E-state index is -0.444. The molecule has 2 rings (SSSR count). The maximum absolute atomic E-state index is 11.2. The number of rotatable bonds is 6. The summed E-state index contributed by atoms with van der Waals surface area (Å²) in [5.74, 6) is 0.536. The molecule has 0 bridgehead atoms. The molecule has 2 N–H and O–H groups in total. The van der Waals surface area contributed by atoms with Crippen molar-refractivity contribution in [3.8, 4) is 0 Å². The van der Waals surface area contributed by atoms with Gasteiger partial charge in [-0.1, -0.05) is 6.92 Å². The summed E-state index contributed by atoms with van der Waals surface area (Å²) in [6.45, 7) is 5.32. The van der Waals surface area contributed by atoms with Gasteiger partial charge in [-0.05, 0) is 25.8 Å². The molecular formula is C13H22N6O2.